The highest BCUT2D eigenvalue weighted by Crippen LogP contribution is 2.25. The van der Waals surface area contributed by atoms with Gasteiger partial charge in [-0.1, -0.05) is 25.1 Å². The molecule has 1 amide bonds. The summed E-state index contributed by atoms with van der Waals surface area (Å²) in [5, 5.41) is 7.02. The SMILES string of the molecule is CCCOc1ccc(Oc2ncccc2CNC(=O)c2ccc(Cn3cncn3)cc2)cc1. The van der Waals surface area contributed by atoms with E-state index in [0.717, 1.165) is 23.3 Å². The van der Waals surface area contributed by atoms with Crippen molar-refractivity contribution >= 4 is 5.91 Å². The van der Waals surface area contributed by atoms with Crippen LogP contribution in [0.3, 0.4) is 0 Å². The van der Waals surface area contributed by atoms with Gasteiger partial charge >= 0.3 is 0 Å². The van der Waals surface area contributed by atoms with Crippen LogP contribution in [-0.2, 0) is 13.1 Å². The molecule has 0 bridgehead atoms. The third-order valence-corrected chi connectivity index (χ3v) is 4.83. The highest BCUT2D eigenvalue weighted by molar-refractivity contribution is 5.94. The standard InChI is InChI=1S/C25H25N5O3/c1-2-14-32-22-9-11-23(12-10-22)33-25-21(4-3-13-27-25)15-28-24(31)20-7-5-19(6-8-20)16-30-18-26-17-29-30/h3-13,17-18H,2,14-16H2,1H3,(H,28,31). The van der Waals surface area contributed by atoms with Crippen LogP contribution in [0, 0.1) is 0 Å². The zero-order chi connectivity index (χ0) is 22.9. The first-order valence-electron chi connectivity index (χ1n) is 10.8. The number of ether oxygens (including phenoxy) is 2. The van der Waals surface area contributed by atoms with Gasteiger partial charge in [-0.05, 0) is 54.4 Å². The maximum absolute atomic E-state index is 12.6. The van der Waals surface area contributed by atoms with E-state index in [1.165, 1.54) is 6.33 Å². The molecular formula is C25H25N5O3. The van der Waals surface area contributed by atoms with Crippen molar-refractivity contribution in [1.82, 2.24) is 25.1 Å². The molecule has 1 N–H and O–H groups in total. The second-order valence-corrected chi connectivity index (χ2v) is 7.36. The molecular weight excluding hydrogens is 418 g/mol. The molecule has 0 aliphatic carbocycles. The summed E-state index contributed by atoms with van der Waals surface area (Å²) in [6.07, 6.45) is 5.76. The lowest BCUT2D eigenvalue weighted by Crippen LogP contribution is -2.23. The minimum Gasteiger partial charge on any atom is -0.494 e. The fourth-order valence-electron chi connectivity index (χ4n) is 3.13. The number of carbonyl (C=O) groups is 1. The van der Waals surface area contributed by atoms with Crippen LogP contribution in [0.4, 0.5) is 0 Å². The molecule has 0 spiro atoms. The fraction of sp³-hybridized carbons (Fsp3) is 0.200. The minimum absolute atomic E-state index is 0.172. The van der Waals surface area contributed by atoms with Crippen LogP contribution in [0.2, 0.25) is 0 Å². The minimum atomic E-state index is -0.172. The van der Waals surface area contributed by atoms with Gasteiger partial charge in [-0.15, -0.1) is 0 Å². The molecule has 4 aromatic rings. The summed E-state index contributed by atoms with van der Waals surface area (Å²) in [5.41, 5.74) is 2.39. The van der Waals surface area contributed by atoms with E-state index in [-0.39, 0.29) is 5.91 Å². The second kappa shape index (κ2) is 10.9. The fourth-order valence-corrected chi connectivity index (χ4v) is 3.13. The average molecular weight is 444 g/mol. The van der Waals surface area contributed by atoms with Gasteiger partial charge in [0.2, 0.25) is 5.88 Å². The Bertz CT molecular complexity index is 1160. The van der Waals surface area contributed by atoms with E-state index in [1.807, 2.05) is 48.5 Å². The first-order valence-corrected chi connectivity index (χ1v) is 10.8. The molecule has 0 fully saturated rings. The normalized spacial score (nSPS) is 10.6. The number of nitrogens with one attached hydrogen (secondary N) is 1. The van der Waals surface area contributed by atoms with Gasteiger partial charge < -0.3 is 14.8 Å². The van der Waals surface area contributed by atoms with Crippen LogP contribution in [0.5, 0.6) is 17.4 Å². The molecule has 0 saturated carbocycles. The lowest BCUT2D eigenvalue weighted by Gasteiger charge is -2.12. The summed E-state index contributed by atoms with van der Waals surface area (Å²) < 4.78 is 13.3. The van der Waals surface area contributed by atoms with Crippen LogP contribution >= 0.6 is 0 Å². The third kappa shape index (κ3) is 6.16. The monoisotopic (exact) mass is 443 g/mol. The molecule has 8 nitrogen and oxygen atoms in total. The van der Waals surface area contributed by atoms with Crippen LogP contribution < -0.4 is 14.8 Å². The van der Waals surface area contributed by atoms with Crippen molar-refractivity contribution < 1.29 is 14.3 Å². The van der Waals surface area contributed by atoms with Crippen molar-refractivity contribution in [2.75, 3.05) is 6.61 Å². The van der Waals surface area contributed by atoms with Crippen molar-refractivity contribution in [3.8, 4) is 17.4 Å². The van der Waals surface area contributed by atoms with Crippen molar-refractivity contribution in [3.63, 3.8) is 0 Å². The van der Waals surface area contributed by atoms with Crippen LogP contribution in [0.25, 0.3) is 0 Å². The Balaban J connectivity index is 1.35. The molecule has 0 radical (unpaired) electrons. The van der Waals surface area contributed by atoms with E-state index < -0.39 is 0 Å². The van der Waals surface area contributed by atoms with Crippen molar-refractivity contribution in [2.24, 2.45) is 0 Å². The first kappa shape index (κ1) is 22.0. The number of hydrogen-bond donors (Lipinski definition) is 1. The number of hydrogen-bond acceptors (Lipinski definition) is 6. The molecule has 0 unspecified atom stereocenters. The van der Waals surface area contributed by atoms with Crippen molar-refractivity contribution in [1.29, 1.82) is 0 Å². The Hall–Kier alpha value is -4.20. The molecule has 0 saturated heterocycles. The zero-order valence-corrected chi connectivity index (χ0v) is 18.3. The van der Waals surface area contributed by atoms with Gasteiger partial charge in [0.1, 0.15) is 24.2 Å². The summed E-state index contributed by atoms with van der Waals surface area (Å²) in [6, 6.07) is 18.5. The number of carbonyl (C=O) groups excluding carboxylic acids is 1. The van der Waals surface area contributed by atoms with Crippen LogP contribution in [0.1, 0.15) is 34.8 Å². The van der Waals surface area contributed by atoms with Gasteiger partial charge in [-0.3, -0.25) is 4.79 Å². The van der Waals surface area contributed by atoms with Gasteiger partial charge in [0.25, 0.3) is 5.91 Å². The highest BCUT2D eigenvalue weighted by atomic mass is 16.5. The van der Waals surface area contributed by atoms with Crippen LogP contribution in [-0.4, -0.2) is 32.3 Å². The molecule has 2 aromatic heterocycles. The largest absolute Gasteiger partial charge is 0.494 e. The Kier molecular flexibility index (Phi) is 7.27. The Labute approximate surface area is 192 Å². The molecule has 2 heterocycles. The number of aromatic nitrogens is 4. The van der Waals surface area contributed by atoms with E-state index >= 15 is 0 Å². The molecule has 4 rings (SSSR count). The lowest BCUT2D eigenvalue weighted by molar-refractivity contribution is 0.0950. The predicted molar refractivity (Wildman–Crippen MR) is 123 cm³/mol. The summed E-state index contributed by atoms with van der Waals surface area (Å²) in [4.78, 5) is 20.9. The summed E-state index contributed by atoms with van der Waals surface area (Å²) in [6.45, 7) is 3.63. The van der Waals surface area contributed by atoms with Crippen molar-refractivity contribution in [2.45, 2.75) is 26.4 Å². The topological polar surface area (TPSA) is 91.2 Å². The Morgan fingerprint density at radius 2 is 1.82 bits per heavy atom. The smallest absolute Gasteiger partial charge is 0.251 e. The molecule has 8 heteroatoms. The predicted octanol–water partition coefficient (Wildman–Crippen LogP) is 4.23. The molecule has 2 aromatic carbocycles. The van der Waals surface area contributed by atoms with Gasteiger partial charge in [-0.25, -0.2) is 14.6 Å². The average Bonchev–Trinajstić information content (AvgIpc) is 3.36. The lowest BCUT2D eigenvalue weighted by atomic mass is 10.1. The van der Waals surface area contributed by atoms with E-state index in [0.29, 0.717) is 36.9 Å². The van der Waals surface area contributed by atoms with Gasteiger partial charge in [0.15, 0.2) is 0 Å². The maximum Gasteiger partial charge on any atom is 0.251 e. The number of amides is 1. The first-order chi connectivity index (χ1) is 16.2. The maximum atomic E-state index is 12.6. The molecule has 0 atom stereocenters. The molecule has 33 heavy (non-hydrogen) atoms. The van der Waals surface area contributed by atoms with E-state index in [2.05, 4.69) is 27.3 Å². The number of rotatable bonds is 10. The quantitative estimate of drug-likeness (QED) is 0.394. The zero-order valence-electron chi connectivity index (χ0n) is 18.3. The molecule has 168 valence electrons. The van der Waals surface area contributed by atoms with E-state index in [4.69, 9.17) is 9.47 Å². The summed E-state index contributed by atoms with van der Waals surface area (Å²) >= 11 is 0. The van der Waals surface area contributed by atoms with E-state index in [1.54, 1.807) is 29.3 Å². The summed E-state index contributed by atoms with van der Waals surface area (Å²) in [5.74, 6) is 1.72. The van der Waals surface area contributed by atoms with Crippen molar-refractivity contribution in [3.05, 3.63) is 96.2 Å². The Morgan fingerprint density at radius 3 is 2.55 bits per heavy atom. The number of benzene rings is 2. The Morgan fingerprint density at radius 1 is 1.03 bits per heavy atom. The molecule has 0 aliphatic heterocycles. The van der Waals surface area contributed by atoms with Gasteiger partial charge in [0.05, 0.1) is 13.2 Å². The van der Waals surface area contributed by atoms with Gasteiger partial charge in [-0.2, -0.15) is 5.10 Å². The number of nitrogens with zero attached hydrogens (tertiary/aromatic N) is 4. The van der Waals surface area contributed by atoms with Gasteiger partial charge in [0, 0.05) is 23.9 Å². The molecule has 0 aliphatic rings. The second-order valence-electron chi connectivity index (χ2n) is 7.36. The van der Waals surface area contributed by atoms with Crippen LogP contribution in [0.15, 0.2) is 79.5 Å². The third-order valence-electron chi connectivity index (χ3n) is 4.83. The number of pyridine rings is 1. The highest BCUT2D eigenvalue weighted by Gasteiger charge is 2.10. The summed E-state index contributed by atoms with van der Waals surface area (Å²) in [7, 11) is 0. The van der Waals surface area contributed by atoms with E-state index in [9.17, 15) is 4.79 Å².